The molecule has 0 amide bonds. The molecule has 3 aliphatic rings. The third-order valence-electron chi connectivity index (χ3n) is 16.5. The van der Waals surface area contributed by atoms with Crippen LogP contribution in [0.5, 0.6) is 0 Å². The lowest BCUT2D eigenvalue weighted by atomic mass is 9.33. The molecule has 3 aromatic heterocycles. The Bertz CT molecular complexity index is 4300. The van der Waals surface area contributed by atoms with Gasteiger partial charge in [-0.1, -0.05) is 147 Å². The summed E-state index contributed by atoms with van der Waals surface area (Å²) in [4.78, 5) is 5.31. The van der Waals surface area contributed by atoms with Gasteiger partial charge in [-0.05, 0) is 134 Å². The van der Waals surface area contributed by atoms with Gasteiger partial charge in [0.2, 0.25) is 0 Å². The fraction of sp³-hybridized carbons (Fsp3) is 0.182. The minimum absolute atomic E-state index is 0.0102. The van der Waals surface area contributed by atoms with Crippen molar-refractivity contribution in [1.29, 1.82) is 0 Å². The van der Waals surface area contributed by atoms with Crippen LogP contribution >= 0.6 is 11.3 Å². The number of hydrogen-bond acceptors (Lipinski definition) is 3. The van der Waals surface area contributed by atoms with Crippen LogP contribution in [0.25, 0.3) is 75.2 Å². The van der Waals surface area contributed by atoms with Crippen LogP contribution in [0.15, 0.2) is 170 Å². The highest BCUT2D eigenvalue weighted by Crippen LogP contribution is 2.54. The summed E-state index contributed by atoms with van der Waals surface area (Å²) in [5.74, 6) is 0. The van der Waals surface area contributed by atoms with E-state index in [9.17, 15) is 0 Å². The summed E-state index contributed by atoms with van der Waals surface area (Å²) in [6.07, 6.45) is 0. The Kier molecular flexibility index (Phi) is 8.27. The summed E-state index contributed by atoms with van der Waals surface area (Å²) in [6.45, 7) is 21.0. The number of fused-ring (bicyclic) bond motifs is 15. The molecule has 4 nitrogen and oxygen atoms in total. The molecule has 0 fully saturated rings. The Labute approximate surface area is 425 Å². The van der Waals surface area contributed by atoms with Gasteiger partial charge in [0.05, 0.1) is 44.8 Å². The fourth-order valence-corrected chi connectivity index (χ4v) is 14.0. The van der Waals surface area contributed by atoms with Crippen LogP contribution < -0.4 is 26.2 Å². The first-order chi connectivity index (χ1) is 34.6. The van der Waals surface area contributed by atoms with Gasteiger partial charge >= 0.3 is 0 Å². The molecule has 3 aliphatic heterocycles. The Morgan fingerprint density at radius 1 is 0.375 bits per heavy atom. The van der Waals surface area contributed by atoms with Crippen molar-refractivity contribution in [3.8, 4) is 11.4 Å². The summed E-state index contributed by atoms with van der Waals surface area (Å²) in [5.41, 5.74) is 22.7. The van der Waals surface area contributed by atoms with Crippen molar-refractivity contribution in [3.05, 3.63) is 187 Å². The zero-order valence-electron chi connectivity index (χ0n) is 42.4. The first kappa shape index (κ1) is 42.2. The van der Waals surface area contributed by atoms with E-state index in [0.29, 0.717) is 0 Å². The number of benzene rings is 9. The topological polar surface area (TPSA) is 16.3 Å². The number of aromatic nitrogens is 2. The van der Waals surface area contributed by atoms with Gasteiger partial charge in [0.1, 0.15) is 0 Å². The molecule has 0 atom stereocenters. The number of para-hydroxylation sites is 3. The van der Waals surface area contributed by atoms with Crippen LogP contribution in [0, 0.1) is 0 Å². The summed E-state index contributed by atoms with van der Waals surface area (Å²) in [7, 11) is 0. The molecule has 0 spiro atoms. The lowest BCUT2D eigenvalue weighted by Gasteiger charge is -2.47. The van der Waals surface area contributed by atoms with Crippen molar-refractivity contribution in [3.63, 3.8) is 0 Å². The largest absolute Gasteiger partial charge is 0.311 e. The van der Waals surface area contributed by atoms with Crippen LogP contribution in [-0.2, 0) is 16.2 Å². The van der Waals surface area contributed by atoms with E-state index in [4.69, 9.17) is 0 Å². The van der Waals surface area contributed by atoms with E-state index in [-0.39, 0.29) is 23.0 Å². The minimum atomic E-state index is -0.146. The van der Waals surface area contributed by atoms with E-state index in [0.717, 1.165) is 5.69 Å². The molecule has 6 heteroatoms. The average molecular weight is 947 g/mol. The van der Waals surface area contributed by atoms with E-state index in [1.807, 2.05) is 11.3 Å². The SMILES string of the molecule is CC(C)(C)c1cc2c3c(c1)N1c4c(cccc4-n4c5ccccc5c5cccc1c54)B3c1ccc(-n3c4ccc(C(C)(C)C)cc4c4cc(C(C)(C)C)ccc43)cc1N2c1cccc2sc3ccccc3c12. The highest BCUT2D eigenvalue weighted by Gasteiger charge is 2.47. The molecule has 0 aliphatic carbocycles. The van der Waals surface area contributed by atoms with Gasteiger partial charge < -0.3 is 18.9 Å². The molecule has 72 heavy (non-hydrogen) atoms. The van der Waals surface area contributed by atoms with E-state index in [1.165, 1.54) is 137 Å². The number of nitrogens with zero attached hydrogens (tertiary/aromatic N) is 4. The molecular weight excluding hydrogens is 892 g/mol. The van der Waals surface area contributed by atoms with Crippen LogP contribution in [0.3, 0.4) is 0 Å². The Balaban J connectivity index is 1.08. The predicted octanol–water partition coefficient (Wildman–Crippen LogP) is 16.5. The van der Waals surface area contributed by atoms with E-state index < -0.39 is 0 Å². The van der Waals surface area contributed by atoms with E-state index >= 15 is 0 Å². The maximum atomic E-state index is 2.67. The van der Waals surface area contributed by atoms with Crippen molar-refractivity contribution < 1.29 is 0 Å². The summed E-state index contributed by atoms with van der Waals surface area (Å²) < 4.78 is 7.70. The molecule has 0 radical (unpaired) electrons. The van der Waals surface area contributed by atoms with Crippen LogP contribution in [0.4, 0.5) is 34.1 Å². The molecule has 12 aromatic rings. The molecule has 6 heterocycles. The highest BCUT2D eigenvalue weighted by molar-refractivity contribution is 7.26. The average Bonchev–Trinajstić information content (AvgIpc) is 4.04. The number of hydrogen-bond donors (Lipinski definition) is 0. The van der Waals surface area contributed by atoms with Gasteiger partial charge in [-0.25, -0.2) is 0 Å². The van der Waals surface area contributed by atoms with Gasteiger partial charge in [-0.15, -0.1) is 11.3 Å². The van der Waals surface area contributed by atoms with Gasteiger partial charge in [0.15, 0.2) is 0 Å². The zero-order valence-corrected chi connectivity index (χ0v) is 43.3. The molecule has 348 valence electrons. The second kappa shape index (κ2) is 14.1. The molecule has 0 bridgehead atoms. The van der Waals surface area contributed by atoms with Crippen molar-refractivity contribution in [2.45, 2.75) is 78.6 Å². The smallest absolute Gasteiger partial charge is 0.252 e. The third-order valence-corrected chi connectivity index (χ3v) is 17.6. The Morgan fingerprint density at radius 3 is 1.68 bits per heavy atom. The molecule has 15 rings (SSSR count). The van der Waals surface area contributed by atoms with Gasteiger partial charge in [0.25, 0.3) is 6.71 Å². The van der Waals surface area contributed by atoms with Crippen LogP contribution in [-0.4, -0.2) is 15.8 Å². The maximum absolute atomic E-state index is 2.67. The monoisotopic (exact) mass is 946 g/mol. The Morgan fingerprint density at radius 2 is 0.958 bits per heavy atom. The lowest BCUT2D eigenvalue weighted by molar-refractivity contribution is 0.590. The summed E-state index contributed by atoms with van der Waals surface area (Å²) >= 11 is 1.89. The van der Waals surface area contributed by atoms with Crippen LogP contribution in [0.1, 0.15) is 79.0 Å². The fourth-order valence-electron chi connectivity index (χ4n) is 12.9. The summed E-state index contributed by atoms with van der Waals surface area (Å²) in [5, 5.41) is 7.76. The second-order valence-corrected chi connectivity index (χ2v) is 24.9. The molecule has 0 unspecified atom stereocenters. The van der Waals surface area contributed by atoms with E-state index in [2.05, 4.69) is 251 Å². The molecule has 0 N–H and O–H groups in total. The second-order valence-electron chi connectivity index (χ2n) is 23.8. The number of rotatable bonds is 2. The minimum Gasteiger partial charge on any atom is -0.311 e. The quantitative estimate of drug-likeness (QED) is 0.161. The van der Waals surface area contributed by atoms with Crippen molar-refractivity contribution >= 4 is 132 Å². The molecule has 0 saturated heterocycles. The first-order valence-corrected chi connectivity index (χ1v) is 26.5. The predicted molar refractivity (Wildman–Crippen MR) is 312 cm³/mol. The van der Waals surface area contributed by atoms with Crippen LogP contribution in [0.2, 0.25) is 0 Å². The first-order valence-electron chi connectivity index (χ1n) is 25.7. The lowest BCUT2D eigenvalue weighted by Crippen LogP contribution is -2.62. The molecule has 9 aromatic carbocycles. The van der Waals surface area contributed by atoms with Gasteiger partial charge in [-0.2, -0.15) is 0 Å². The maximum Gasteiger partial charge on any atom is 0.252 e. The standard InChI is InChI=1S/C66H55BN4S/c1-64(2,3)38-27-31-50-45(33-38)46-34-39(65(4,5)6)28-32-51(46)68(50)41-29-30-47-55(37-41)69(52-22-16-26-59-60(52)44-18-11-13-25-58(44)72-59)56-35-40(66(7,8)9)36-57-61(56)67(47)48-20-15-24-54-63(48)71(57)53-23-14-19-43-42-17-10-12-21-49(42)70(54)62(43)53/h10-37H,1-9H3. The van der Waals surface area contributed by atoms with E-state index in [1.54, 1.807) is 0 Å². The summed E-state index contributed by atoms with van der Waals surface area (Å²) in [6, 6.07) is 65.9. The van der Waals surface area contributed by atoms with Gasteiger partial charge in [-0.3, -0.25) is 0 Å². The highest BCUT2D eigenvalue weighted by atomic mass is 32.1. The third kappa shape index (κ3) is 5.59. The number of anilines is 6. The number of thiophene rings is 1. The zero-order chi connectivity index (χ0) is 48.9. The molecule has 0 saturated carbocycles. The van der Waals surface area contributed by atoms with Gasteiger partial charge in [0, 0.05) is 64.5 Å². The Hall–Kier alpha value is -7.54. The normalized spacial score (nSPS) is 14.1. The molecular formula is C66H55BN4S. The van der Waals surface area contributed by atoms with Crippen molar-refractivity contribution in [2.24, 2.45) is 0 Å². The van der Waals surface area contributed by atoms with Crippen molar-refractivity contribution in [2.75, 3.05) is 9.80 Å². The van der Waals surface area contributed by atoms with Crippen molar-refractivity contribution in [1.82, 2.24) is 9.13 Å².